The van der Waals surface area contributed by atoms with Gasteiger partial charge in [-0.1, -0.05) is 42.5 Å². The molecule has 3 atom stereocenters. The number of ether oxygens (including phenoxy) is 2. The molecule has 2 aromatic rings. The number of benzene rings is 2. The molecule has 1 aliphatic carbocycles. The summed E-state index contributed by atoms with van der Waals surface area (Å²) >= 11 is 0. The van der Waals surface area contributed by atoms with E-state index in [0.717, 1.165) is 43.3 Å². The highest BCUT2D eigenvalue weighted by Crippen LogP contribution is 2.40. The summed E-state index contributed by atoms with van der Waals surface area (Å²) in [6.07, 6.45) is 2.23. The van der Waals surface area contributed by atoms with E-state index in [1.165, 1.54) is 11.1 Å². The van der Waals surface area contributed by atoms with Gasteiger partial charge in [-0.25, -0.2) is 0 Å². The maximum atomic E-state index is 6.16. The first-order valence-corrected chi connectivity index (χ1v) is 10.5. The van der Waals surface area contributed by atoms with Crippen molar-refractivity contribution < 1.29 is 9.47 Å². The van der Waals surface area contributed by atoms with Crippen LogP contribution in [0.3, 0.4) is 0 Å². The zero-order valence-electron chi connectivity index (χ0n) is 17.8. The summed E-state index contributed by atoms with van der Waals surface area (Å²) in [5, 5.41) is 7.00. The van der Waals surface area contributed by atoms with Crippen molar-refractivity contribution in [3.05, 3.63) is 65.2 Å². The highest BCUT2D eigenvalue weighted by molar-refractivity contribution is 14.0. The lowest BCUT2D eigenvalue weighted by Crippen LogP contribution is -2.38. The molecule has 0 spiro atoms. The molecule has 0 aromatic heterocycles. The van der Waals surface area contributed by atoms with E-state index in [4.69, 9.17) is 9.47 Å². The normalized spacial score (nSPS) is 22.9. The van der Waals surface area contributed by atoms with E-state index in [1.807, 2.05) is 7.05 Å². The molecule has 2 aromatic carbocycles. The standard InChI is InChI=1S/C24H31N3O2.HI/c1-17-8-9-20(23(12-17)29-16-18-10-11-28-15-18)14-26-24(25-2)27-22-13-21(22)19-6-4-3-5-7-19;/h3-9,12,18,21-22H,10-11,13-16H2,1-2H3,(H2,25,26,27);1H. The largest absolute Gasteiger partial charge is 0.493 e. The zero-order valence-corrected chi connectivity index (χ0v) is 20.1. The van der Waals surface area contributed by atoms with Gasteiger partial charge >= 0.3 is 0 Å². The Bertz CT molecular complexity index is 838. The number of guanidine groups is 1. The third-order valence-electron chi connectivity index (χ3n) is 5.73. The van der Waals surface area contributed by atoms with Crippen LogP contribution in [0.15, 0.2) is 53.5 Å². The maximum Gasteiger partial charge on any atom is 0.191 e. The molecular weight excluding hydrogens is 489 g/mol. The van der Waals surface area contributed by atoms with Crippen molar-refractivity contribution in [1.29, 1.82) is 0 Å². The molecule has 2 aliphatic rings. The Labute approximate surface area is 196 Å². The lowest BCUT2D eigenvalue weighted by molar-refractivity contribution is 0.166. The molecule has 3 unspecified atom stereocenters. The van der Waals surface area contributed by atoms with E-state index in [0.29, 0.717) is 31.0 Å². The van der Waals surface area contributed by atoms with E-state index < -0.39 is 0 Å². The van der Waals surface area contributed by atoms with Gasteiger partial charge in [0.15, 0.2) is 5.96 Å². The molecule has 2 fully saturated rings. The molecule has 5 nitrogen and oxygen atoms in total. The highest BCUT2D eigenvalue weighted by Gasteiger charge is 2.38. The summed E-state index contributed by atoms with van der Waals surface area (Å²) in [5.41, 5.74) is 3.75. The number of aryl methyl sites for hydroxylation is 1. The van der Waals surface area contributed by atoms with Gasteiger partial charge in [-0.2, -0.15) is 0 Å². The first kappa shape index (κ1) is 22.9. The molecule has 1 saturated carbocycles. The van der Waals surface area contributed by atoms with Crippen LogP contribution in [-0.4, -0.2) is 38.9 Å². The van der Waals surface area contributed by atoms with Crippen molar-refractivity contribution in [3.63, 3.8) is 0 Å². The number of hydrogen-bond acceptors (Lipinski definition) is 3. The SMILES string of the molecule is CN=C(NCc1ccc(C)cc1OCC1CCOC1)NC1CC1c1ccccc1.I. The topological polar surface area (TPSA) is 54.9 Å². The fraction of sp³-hybridized carbons (Fsp3) is 0.458. The molecule has 30 heavy (non-hydrogen) atoms. The minimum atomic E-state index is 0. The van der Waals surface area contributed by atoms with Crippen LogP contribution in [0.2, 0.25) is 0 Å². The van der Waals surface area contributed by atoms with Crippen LogP contribution in [0.4, 0.5) is 0 Å². The zero-order chi connectivity index (χ0) is 20.1. The molecule has 162 valence electrons. The van der Waals surface area contributed by atoms with Crippen LogP contribution in [0.1, 0.15) is 35.4 Å². The van der Waals surface area contributed by atoms with Gasteiger partial charge in [0.1, 0.15) is 5.75 Å². The Hall–Kier alpha value is -1.80. The number of hydrogen-bond donors (Lipinski definition) is 2. The Kier molecular flexibility index (Phi) is 8.39. The quantitative estimate of drug-likeness (QED) is 0.325. The number of rotatable bonds is 7. The minimum Gasteiger partial charge on any atom is -0.493 e. The maximum absolute atomic E-state index is 6.16. The molecule has 0 amide bonds. The van der Waals surface area contributed by atoms with Crippen LogP contribution in [-0.2, 0) is 11.3 Å². The number of nitrogens with zero attached hydrogens (tertiary/aromatic N) is 1. The molecular formula is C24H32IN3O2. The van der Waals surface area contributed by atoms with Crippen LogP contribution in [0.5, 0.6) is 5.75 Å². The Morgan fingerprint density at radius 2 is 2.03 bits per heavy atom. The van der Waals surface area contributed by atoms with Crippen molar-refractivity contribution in [2.45, 2.75) is 38.3 Å². The van der Waals surface area contributed by atoms with Gasteiger partial charge in [-0.15, -0.1) is 24.0 Å². The van der Waals surface area contributed by atoms with Crippen LogP contribution in [0, 0.1) is 12.8 Å². The van der Waals surface area contributed by atoms with Crippen LogP contribution < -0.4 is 15.4 Å². The van der Waals surface area contributed by atoms with Gasteiger partial charge in [-0.05, 0) is 37.0 Å². The summed E-state index contributed by atoms with van der Waals surface area (Å²) in [7, 11) is 1.82. The summed E-state index contributed by atoms with van der Waals surface area (Å²) in [4.78, 5) is 4.40. The monoisotopic (exact) mass is 521 g/mol. The summed E-state index contributed by atoms with van der Waals surface area (Å²) < 4.78 is 11.6. The molecule has 1 heterocycles. The van der Waals surface area contributed by atoms with Gasteiger partial charge in [0.25, 0.3) is 0 Å². The van der Waals surface area contributed by atoms with Crippen molar-refractivity contribution in [2.24, 2.45) is 10.9 Å². The van der Waals surface area contributed by atoms with E-state index in [2.05, 4.69) is 71.1 Å². The predicted octanol–water partition coefficient (Wildman–Crippen LogP) is 4.25. The Morgan fingerprint density at radius 3 is 2.77 bits per heavy atom. The average Bonchev–Trinajstić information content (AvgIpc) is 3.32. The van der Waals surface area contributed by atoms with Crippen molar-refractivity contribution in [2.75, 3.05) is 26.9 Å². The second-order valence-electron chi connectivity index (χ2n) is 8.08. The fourth-order valence-corrected chi connectivity index (χ4v) is 3.84. The highest BCUT2D eigenvalue weighted by atomic mass is 127. The van der Waals surface area contributed by atoms with E-state index in [9.17, 15) is 0 Å². The molecule has 4 rings (SSSR count). The van der Waals surface area contributed by atoms with E-state index >= 15 is 0 Å². The second kappa shape index (κ2) is 11.0. The third kappa shape index (κ3) is 6.11. The Morgan fingerprint density at radius 1 is 1.20 bits per heavy atom. The smallest absolute Gasteiger partial charge is 0.191 e. The van der Waals surface area contributed by atoms with Gasteiger partial charge in [0.2, 0.25) is 0 Å². The van der Waals surface area contributed by atoms with Gasteiger partial charge in [0, 0.05) is 43.6 Å². The number of aliphatic imine (C=N–C) groups is 1. The molecule has 0 radical (unpaired) electrons. The summed E-state index contributed by atoms with van der Waals surface area (Å²) in [6.45, 7) is 5.15. The van der Waals surface area contributed by atoms with Gasteiger partial charge < -0.3 is 20.1 Å². The fourth-order valence-electron chi connectivity index (χ4n) is 3.84. The van der Waals surface area contributed by atoms with Crippen molar-refractivity contribution in [1.82, 2.24) is 10.6 Å². The molecule has 2 N–H and O–H groups in total. The van der Waals surface area contributed by atoms with Crippen molar-refractivity contribution in [3.8, 4) is 5.75 Å². The summed E-state index contributed by atoms with van der Waals surface area (Å²) in [6, 6.07) is 17.5. The first-order valence-electron chi connectivity index (χ1n) is 10.5. The third-order valence-corrected chi connectivity index (χ3v) is 5.73. The van der Waals surface area contributed by atoms with Crippen LogP contribution in [0.25, 0.3) is 0 Å². The predicted molar refractivity (Wildman–Crippen MR) is 132 cm³/mol. The Balaban J connectivity index is 0.00000256. The molecule has 1 saturated heterocycles. The lowest BCUT2D eigenvalue weighted by atomic mass is 10.1. The minimum absolute atomic E-state index is 0. The number of nitrogens with one attached hydrogen (secondary N) is 2. The van der Waals surface area contributed by atoms with Crippen molar-refractivity contribution >= 4 is 29.9 Å². The first-order chi connectivity index (χ1) is 14.2. The van der Waals surface area contributed by atoms with Gasteiger partial charge in [0.05, 0.1) is 13.2 Å². The van der Waals surface area contributed by atoms with E-state index in [-0.39, 0.29) is 24.0 Å². The molecule has 0 bridgehead atoms. The van der Waals surface area contributed by atoms with Crippen LogP contribution >= 0.6 is 24.0 Å². The summed E-state index contributed by atoms with van der Waals surface area (Å²) in [5.74, 6) is 2.86. The second-order valence-corrected chi connectivity index (χ2v) is 8.08. The lowest BCUT2D eigenvalue weighted by Gasteiger charge is -2.17. The average molecular weight is 521 g/mol. The molecule has 6 heteroatoms. The molecule has 1 aliphatic heterocycles. The van der Waals surface area contributed by atoms with E-state index in [1.54, 1.807) is 0 Å². The number of halogens is 1. The van der Waals surface area contributed by atoms with Gasteiger partial charge in [-0.3, -0.25) is 4.99 Å².